The van der Waals surface area contributed by atoms with Crippen LogP contribution in [0.2, 0.25) is 0 Å². The Labute approximate surface area is 83.5 Å². The van der Waals surface area contributed by atoms with Crippen molar-refractivity contribution >= 4 is 0 Å². The zero-order valence-corrected chi connectivity index (χ0v) is 9.69. The summed E-state index contributed by atoms with van der Waals surface area (Å²) in [7, 11) is 1.99. The van der Waals surface area contributed by atoms with Gasteiger partial charge in [-0.05, 0) is 26.3 Å². The van der Waals surface area contributed by atoms with Crippen molar-refractivity contribution in [1.29, 1.82) is 0 Å². The molecule has 13 heavy (non-hydrogen) atoms. The molecule has 0 radical (unpaired) electrons. The summed E-state index contributed by atoms with van der Waals surface area (Å²) in [5.41, 5.74) is 0. The summed E-state index contributed by atoms with van der Waals surface area (Å²) < 4.78 is 0. The molecule has 2 nitrogen and oxygen atoms in total. The second kappa shape index (κ2) is 8.52. The molecule has 0 aromatic carbocycles. The van der Waals surface area contributed by atoms with E-state index in [0.717, 1.165) is 19.0 Å². The Bertz CT molecular complexity index is 104. The molecule has 0 heterocycles. The van der Waals surface area contributed by atoms with Gasteiger partial charge < -0.3 is 10.6 Å². The van der Waals surface area contributed by atoms with Gasteiger partial charge in [0.2, 0.25) is 0 Å². The molecule has 0 saturated carbocycles. The van der Waals surface area contributed by atoms with Crippen LogP contribution in [-0.4, -0.2) is 26.2 Å². The lowest BCUT2D eigenvalue weighted by Crippen LogP contribution is -2.36. The van der Waals surface area contributed by atoms with E-state index < -0.39 is 0 Å². The molecular weight excluding hydrogens is 160 g/mol. The van der Waals surface area contributed by atoms with Crippen LogP contribution in [-0.2, 0) is 0 Å². The summed E-state index contributed by atoms with van der Waals surface area (Å²) in [6, 6.07) is 0.653. The van der Waals surface area contributed by atoms with E-state index in [9.17, 15) is 0 Å². The largest absolute Gasteiger partial charge is 0.318 e. The second-order valence-corrected chi connectivity index (χ2v) is 3.97. The van der Waals surface area contributed by atoms with Crippen molar-refractivity contribution < 1.29 is 0 Å². The lowest BCUT2D eigenvalue weighted by atomic mass is 9.97. The highest BCUT2D eigenvalue weighted by Crippen LogP contribution is 2.11. The van der Waals surface area contributed by atoms with Crippen LogP contribution in [0.15, 0.2) is 0 Å². The normalized spacial score (nSPS) is 15.7. The van der Waals surface area contributed by atoms with Gasteiger partial charge in [-0.25, -0.2) is 0 Å². The quantitative estimate of drug-likeness (QED) is 0.567. The molecule has 2 N–H and O–H groups in total. The van der Waals surface area contributed by atoms with Gasteiger partial charge in [0.15, 0.2) is 0 Å². The summed E-state index contributed by atoms with van der Waals surface area (Å²) >= 11 is 0. The molecule has 0 spiro atoms. The Morgan fingerprint density at radius 3 is 2.38 bits per heavy atom. The highest BCUT2D eigenvalue weighted by Gasteiger charge is 2.09. The average molecular weight is 186 g/mol. The van der Waals surface area contributed by atoms with Crippen LogP contribution in [0.1, 0.15) is 40.0 Å². The average Bonchev–Trinajstić information content (AvgIpc) is 2.14. The van der Waals surface area contributed by atoms with Crippen LogP contribution in [0, 0.1) is 5.92 Å². The molecule has 0 bridgehead atoms. The fourth-order valence-electron chi connectivity index (χ4n) is 1.40. The topological polar surface area (TPSA) is 24.1 Å². The van der Waals surface area contributed by atoms with Gasteiger partial charge in [-0.1, -0.05) is 26.7 Å². The van der Waals surface area contributed by atoms with Crippen molar-refractivity contribution in [3.63, 3.8) is 0 Å². The SMILES string of the molecule is CCCCC(C)C(C)NCCNC. The molecule has 0 aliphatic carbocycles. The lowest BCUT2D eigenvalue weighted by molar-refractivity contribution is 0.371. The highest BCUT2D eigenvalue weighted by molar-refractivity contribution is 4.68. The van der Waals surface area contributed by atoms with E-state index in [0.29, 0.717) is 6.04 Å². The Hall–Kier alpha value is -0.0800. The molecule has 0 saturated heterocycles. The third-order valence-electron chi connectivity index (χ3n) is 2.71. The fraction of sp³-hybridized carbons (Fsp3) is 1.00. The number of likely N-dealkylation sites (N-methyl/N-ethyl adjacent to an activating group) is 1. The van der Waals surface area contributed by atoms with Crippen molar-refractivity contribution in [3.8, 4) is 0 Å². The number of unbranched alkanes of at least 4 members (excludes halogenated alkanes) is 1. The maximum Gasteiger partial charge on any atom is 0.00792 e. The smallest absolute Gasteiger partial charge is 0.00792 e. The molecule has 2 atom stereocenters. The monoisotopic (exact) mass is 186 g/mol. The molecule has 0 aromatic heterocycles. The van der Waals surface area contributed by atoms with Crippen molar-refractivity contribution in [1.82, 2.24) is 10.6 Å². The fourth-order valence-corrected chi connectivity index (χ4v) is 1.40. The molecule has 0 aromatic rings. The third-order valence-corrected chi connectivity index (χ3v) is 2.71. The zero-order valence-electron chi connectivity index (χ0n) is 9.69. The van der Waals surface area contributed by atoms with Gasteiger partial charge in [0.1, 0.15) is 0 Å². The van der Waals surface area contributed by atoms with Crippen LogP contribution >= 0.6 is 0 Å². The molecular formula is C11H26N2. The Balaban J connectivity index is 3.38. The predicted molar refractivity (Wildman–Crippen MR) is 60.1 cm³/mol. The minimum atomic E-state index is 0.653. The van der Waals surface area contributed by atoms with Crippen molar-refractivity contribution in [2.45, 2.75) is 46.1 Å². The second-order valence-electron chi connectivity index (χ2n) is 3.97. The zero-order chi connectivity index (χ0) is 10.1. The van der Waals surface area contributed by atoms with Crippen molar-refractivity contribution in [2.24, 2.45) is 5.92 Å². The first kappa shape index (κ1) is 12.9. The summed E-state index contributed by atoms with van der Waals surface area (Å²) in [4.78, 5) is 0. The van der Waals surface area contributed by atoms with E-state index in [2.05, 4.69) is 31.4 Å². The minimum absolute atomic E-state index is 0.653. The van der Waals surface area contributed by atoms with Crippen LogP contribution in [0.3, 0.4) is 0 Å². The Kier molecular flexibility index (Phi) is 8.46. The molecule has 80 valence electrons. The van der Waals surface area contributed by atoms with E-state index in [1.165, 1.54) is 19.3 Å². The van der Waals surface area contributed by atoms with E-state index in [-0.39, 0.29) is 0 Å². The van der Waals surface area contributed by atoms with Gasteiger partial charge in [-0.15, -0.1) is 0 Å². The minimum Gasteiger partial charge on any atom is -0.318 e. The van der Waals surface area contributed by atoms with Crippen LogP contribution in [0.4, 0.5) is 0 Å². The number of nitrogens with one attached hydrogen (secondary N) is 2. The number of hydrogen-bond donors (Lipinski definition) is 2. The first-order valence-electron chi connectivity index (χ1n) is 5.60. The van der Waals surface area contributed by atoms with Crippen LogP contribution in [0.25, 0.3) is 0 Å². The summed E-state index contributed by atoms with van der Waals surface area (Å²) in [5.74, 6) is 0.803. The van der Waals surface area contributed by atoms with E-state index >= 15 is 0 Å². The van der Waals surface area contributed by atoms with Gasteiger partial charge in [-0.2, -0.15) is 0 Å². The molecule has 2 unspecified atom stereocenters. The van der Waals surface area contributed by atoms with Crippen LogP contribution in [0.5, 0.6) is 0 Å². The molecule has 0 aliphatic rings. The molecule has 0 aliphatic heterocycles. The standard InChI is InChI=1S/C11H26N2/c1-5-6-7-10(2)11(3)13-9-8-12-4/h10-13H,5-9H2,1-4H3. The summed E-state index contributed by atoms with van der Waals surface area (Å²) in [5, 5.41) is 6.67. The highest BCUT2D eigenvalue weighted by atomic mass is 14.9. The Morgan fingerprint density at radius 2 is 1.85 bits per heavy atom. The number of hydrogen-bond acceptors (Lipinski definition) is 2. The predicted octanol–water partition coefficient (Wildman–Crippen LogP) is 2.01. The van der Waals surface area contributed by atoms with Crippen molar-refractivity contribution in [2.75, 3.05) is 20.1 Å². The maximum atomic E-state index is 3.53. The van der Waals surface area contributed by atoms with E-state index in [1.807, 2.05) is 7.05 Å². The van der Waals surface area contributed by atoms with Gasteiger partial charge in [0.05, 0.1) is 0 Å². The Morgan fingerprint density at radius 1 is 1.15 bits per heavy atom. The summed E-state index contributed by atoms with van der Waals surface area (Å²) in [6.45, 7) is 9.02. The lowest BCUT2D eigenvalue weighted by Gasteiger charge is -2.21. The third kappa shape index (κ3) is 7.03. The van der Waals surface area contributed by atoms with Gasteiger partial charge in [0, 0.05) is 19.1 Å². The first-order valence-corrected chi connectivity index (χ1v) is 5.60. The maximum absolute atomic E-state index is 3.53. The van der Waals surface area contributed by atoms with Crippen molar-refractivity contribution in [3.05, 3.63) is 0 Å². The molecule has 2 heteroatoms. The van der Waals surface area contributed by atoms with Crippen LogP contribution < -0.4 is 10.6 Å². The van der Waals surface area contributed by atoms with Gasteiger partial charge >= 0.3 is 0 Å². The summed E-state index contributed by atoms with van der Waals surface area (Å²) in [6.07, 6.45) is 4.02. The molecule has 0 amide bonds. The van der Waals surface area contributed by atoms with Gasteiger partial charge in [0.25, 0.3) is 0 Å². The van der Waals surface area contributed by atoms with E-state index in [4.69, 9.17) is 0 Å². The van der Waals surface area contributed by atoms with Gasteiger partial charge in [-0.3, -0.25) is 0 Å². The molecule has 0 rings (SSSR count). The number of rotatable bonds is 8. The van der Waals surface area contributed by atoms with E-state index in [1.54, 1.807) is 0 Å². The molecule has 0 fully saturated rings. The first-order chi connectivity index (χ1) is 6.22.